The molecular weight excluding hydrogens is 453 g/mol. The summed E-state index contributed by atoms with van der Waals surface area (Å²) in [5.41, 5.74) is -0.155. The number of hydrogen-bond acceptors (Lipinski definition) is 5. The lowest BCUT2D eigenvalue weighted by Crippen LogP contribution is -2.47. The highest BCUT2D eigenvalue weighted by atomic mass is 32.2. The molecule has 176 valence electrons. The molecule has 0 radical (unpaired) electrons. The molecule has 2 aromatic heterocycles. The third-order valence-corrected chi connectivity index (χ3v) is 7.87. The van der Waals surface area contributed by atoms with Crippen LogP contribution in [0.15, 0.2) is 38.9 Å². The minimum atomic E-state index is -4.19. The lowest BCUT2D eigenvalue weighted by molar-refractivity contribution is -0.126. The Balaban J connectivity index is 1.42. The molecule has 4 rings (SSSR count). The topological polar surface area (TPSA) is 148 Å². The smallest absolute Gasteiger partial charge is 0.325 e. The van der Waals surface area contributed by atoms with Crippen LogP contribution in [-0.4, -0.2) is 53.2 Å². The highest BCUT2D eigenvalue weighted by Crippen LogP contribution is 2.23. The molecule has 3 aromatic rings. The summed E-state index contributed by atoms with van der Waals surface area (Å²) in [6.07, 6.45) is 3.22. The molecule has 10 nitrogen and oxygen atoms in total. The van der Waals surface area contributed by atoms with Crippen molar-refractivity contribution in [2.45, 2.75) is 31.1 Å². The van der Waals surface area contributed by atoms with Crippen LogP contribution in [0.3, 0.4) is 0 Å². The summed E-state index contributed by atoms with van der Waals surface area (Å²) >= 11 is 0. The van der Waals surface area contributed by atoms with Crippen LogP contribution >= 0.6 is 0 Å². The summed E-state index contributed by atoms with van der Waals surface area (Å²) < 4.78 is 40.7. The van der Waals surface area contributed by atoms with E-state index in [-0.39, 0.29) is 30.5 Å². The van der Waals surface area contributed by atoms with Crippen molar-refractivity contribution in [2.24, 2.45) is 5.92 Å². The van der Waals surface area contributed by atoms with Crippen molar-refractivity contribution in [3.05, 3.63) is 62.3 Å². The average molecular weight is 478 g/mol. The number of nitrogens with zero attached hydrogens (tertiary/aromatic N) is 1. The monoisotopic (exact) mass is 477 g/mol. The number of fused-ring (bicyclic) bond motifs is 1. The summed E-state index contributed by atoms with van der Waals surface area (Å²) in [4.78, 5) is 43.0. The predicted octanol–water partition coefficient (Wildman–Crippen LogP) is 0.752. The van der Waals surface area contributed by atoms with E-state index in [1.807, 2.05) is 4.98 Å². The van der Waals surface area contributed by atoms with Crippen molar-refractivity contribution in [2.75, 3.05) is 19.6 Å². The van der Waals surface area contributed by atoms with Gasteiger partial charge in [0.05, 0.1) is 5.92 Å². The Morgan fingerprint density at radius 1 is 1.27 bits per heavy atom. The number of halogens is 1. The highest BCUT2D eigenvalue weighted by molar-refractivity contribution is 7.89. The van der Waals surface area contributed by atoms with E-state index in [1.54, 1.807) is 12.3 Å². The molecule has 1 aromatic carbocycles. The molecule has 4 N–H and O–H groups in total. The fraction of sp³-hybridized carbons (Fsp3) is 0.381. The van der Waals surface area contributed by atoms with Gasteiger partial charge in [-0.05, 0) is 49.9 Å². The quantitative estimate of drug-likeness (QED) is 0.414. The zero-order chi connectivity index (χ0) is 23.8. The van der Waals surface area contributed by atoms with Crippen LogP contribution in [0.2, 0.25) is 0 Å². The number of benzene rings is 1. The number of aryl methyl sites for hydroxylation is 1. The number of carbonyl (C=O) groups excluding carboxylic acids is 1. The van der Waals surface area contributed by atoms with E-state index >= 15 is 0 Å². The van der Waals surface area contributed by atoms with Gasteiger partial charge in [-0.1, -0.05) is 0 Å². The molecule has 3 heterocycles. The number of sulfonamides is 1. The minimum Gasteiger partial charge on any atom is -0.361 e. The molecule has 0 spiro atoms. The number of carbonyl (C=O) groups is 1. The van der Waals surface area contributed by atoms with E-state index in [1.165, 1.54) is 19.1 Å². The Bertz CT molecular complexity index is 1420. The number of piperidine rings is 1. The van der Waals surface area contributed by atoms with Gasteiger partial charge in [-0.15, -0.1) is 0 Å². The Morgan fingerprint density at radius 3 is 2.82 bits per heavy atom. The summed E-state index contributed by atoms with van der Waals surface area (Å²) in [5, 5.41) is 3.58. The minimum absolute atomic E-state index is 0.0505. The Labute approximate surface area is 188 Å². The SMILES string of the molecule is Cc1[nH]c(=O)[nH]c(=O)c1S(=O)(=O)N1CCCC(C(=O)NCCc2c[nH]c3ccc(F)cc23)C1. The average Bonchev–Trinajstić information content (AvgIpc) is 3.15. The van der Waals surface area contributed by atoms with Crippen molar-refractivity contribution in [1.29, 1.82) is 0 Å². The first-order valence-corrected chi connectivity index (χ1v) is 12.0. The summed E-state index contributed by atoms with van der Waals surface area (Å²) in [6, 6.07) is 4.46. The molecule has 1 amide bonds. The van der Waals surface area contributed by atoms with E-state index in [9.17, 15) is 27.2 Å². The van der Waals surface area contributed by atoms with Gasteiger partial charge in [0.2, 0.25) is 15.9 Å². The van der Waals surface area contributed by atoms with Crippen molar-refractivity contribution in [1.82, 2.24) is 24.6 Å². The Kier molecular flexibility index (Phi) is 6.21. The predicted molar refractivity (Wildman–Crippen MR) is 119 cm³/mol. The van der Waals surface area contributed by atoms with Crippen LogP contribution in [0.4, 0.5) is 4.39 Å². The maximum atomic E-state index is 13.5. The lowest BCUT2D eigenvalue weighted by atomic mass is 9.98. The second-order valence-corrected chi connectivity index (χ2v) is 9.98. The first-order chi connectivity index (χ1) is 15.7. The van der Waals surface area contributed by atoms with Gasteiger partial charge in [0.15, 0.2) is 4.90 Å². The normalized spacial score (nSPS) is 17.3. The number of aromatic nitrogens is 3. The van der Waals surface area contributed by atoms with Crippen molar-refractivity contribution in [3.8, 4) is 0 Å². The van der Waals surface area contributed by atoms with Gasteiger partial charge in [0.25, 0.3) is 5.56 Å². The molecule has 1 unspecified atom stereocenters. The van der Waals surface area contributed by atoms with Gasteiger partial charge < -0.3 is 15.3 Å². The molecule has 12 heteroatoms. The molecular formula is C21H24FN5O5S. The van der Waals surface area contributed by atoms with Gasteiger partial charge in [-0.2, -0.15) is 4.31 Å². The fourth-order valence-corrected chi connectivity index (χ4v) is 5.95. The maximum absolute atomic E-state index is 13.5. The second-order valence-electron chi connectivity index (χ2n) is 8.11. The molecule has 1 saturated heterocycles. The lowest BCUT2D eigenvalue weighted by Gasteiger charge is -2.31. The van der Waals surface area contributed by atoms with Gasteiger partial charge in [-0.3, -0.25) is 14.6 Å². The molecule has 33 heavy (non-hydrogen) atoms. The van der Waals surface area contributed by atoms with Gasteiger partial charge in [0, 0.05) is 42.4 Å². The van der Waals surface area contributed by atoms with Crippen LogP contribution < -0.4 is 16.6 Å². The van der Waals surface area contributed by atoms with Crippen molar-refractivity contribution >= 4 is 26.8 Å². The summed E-state index contributed by atoms with van der Waals surface area (Å²) in [7, 11) is -4.19. The third-order valence-electron chi connectivity index (χ3n) is 5.85. The highest BCUT2D eigenvalue weighted by Gasteiger charge is 2.35. The van der Waals surface area contributed by atoms with Crippen molar-refractivity contribution < 1.29 is 17.6 Å². The van der Waals surface area contributed by atoms with E-state index in [4.69, 9.17) is 0 Å². The first-order valence-electron chi connectivity index (χ1n) is 10.5. The van der Waals surface area contributed by atoms with Crippen LogP contribution in [-0.2, 0) is 21.2 Å². The molecule has 1 aliphatic rings. The fourth-order valence-electron chi connectivity index (χ4n) is 4.23. The number of amides is 1. The van der Waals surface area contributed by atoms with E-state index in [2.05, 4.69) is 15.3 Å². The van der Waals surface area contributed by atoms with E-state index < -0.39 is 32.1 Å². The molecule has 1 fully saturated rings. The summed E-state index contributed by atoms with van der Waals surface area (Å²) in [5.74, 6) is -1.20. The van der Waals surface area contributed by atoms with E-state index in [0.717, 1.165) is 20.8 Å². The zero-order valence-electron chi connectivity index (χ0n) is 17.9. The van der Waals surface area contributed by atoms with Gasteiger partial charge in [-0.25, -0.2) is 17.6 Å². The number of nitrogens with one attached hydrogen (secondary N) is 4. The number of hydrogen-bond donors (Lipinski definition) is 4. The third kappa shape index (κ3) is 4.62. The molecule has 0 saturated carbocycles. The largest absolute Gasteiger partial charge is 0.361 e. The molecule has 0 aliphatic carbocycles. The number of aromatic amines is 3. The molecule has 1 atom stereocenters. The van der Waals surface area contributed by atoms with Crippen LogP contribution in [0.25, 0.3) is 10.9 Å². The summed E-state index contributed by atoms with van der Waals surface area (Å²) in [6.45, 7) is 1.76. The maximum Gasteiger partial charge on any atom is 0.325 e. The standard InChI is InChI=1S/C21H24FN5O5S/c1-12-18(20(29)26-21(30)25-12)33(31,32)27-8-2-3-14(11-27)19(28)23-7-6-13-10-24-17-5-4-15(22)9-16(13)17/h4-5,9-10,14,24H,2-3,6-8,11H2,1H3,(H,23,28)(H2,25,26,29,30). The van der Waals surface area contributed by atoms with Gasteiger partial charge >= 0.3 is 5.69 Å². The van der Waals surface area contributed by atoms with E-state index in [0.29, 0.717) is 25.8 Å². The molecule has 0 bridgehead atoms. The first kappa shape index (κ1) is 22.9. The molecule has 1 aliphatic heterocycles. The van der Waals surface area contributed by atoms with Gasteiger partial charge in [0.1, 0.15) is 5.82 Å². The van der Waals surface area contributed by atoms with Crippen LogP contribution in [0, 0.1) is 18.7 Å². The van der Waals surface area contributed by atoms with Crippen LogP contribution in [0.1, 0.15) is 24.1 Å². The Hall–Kier alpha value is -3.25. The van der Waals surface area contributed by atoms with Crippen LogP contribution in [0.5, 0.6) is 0 Å². The zero-order valence-corrected chi connectivity index (χ0v) is 18.7. The Morgan fingerprint density at radius 2 is 2.06 bits per heavy atom. The van der Waals surface area contributed by atoms with Crippen molar-refractivity contribution in [3.63, 3.8) is 0 Å². The second kappa shape index (κ2) is 8.94. The number of H-pyrrole nitrogens is 3. The number of rotatable bonds is 6.